The Morgan fingerprint density at radius 3 is 3.21 bits per heavy atom. The standard InChI is InChI=1S/C10H12N2O2/c1-14-10(13)9-5-4-8(12-9)7-3-2-6-11-7/h2-3,6,9,11H,4-5H2,1H3/t9-/m0/s1. The van der Waals surface area contributed by atoms with Crippen molar-refractivity contribution in [3.63, 3.8) is 0 Å². The molecule has 0 spiro atoms. The molecule has 14 heavy (non-hydrogen) atoms. The van der Waals surface area contributed by atoms with Crippen molar-refractivity contribution in [3.8, 4) is 0 Å². The normalized spacial score (nSPS) is 20.6. The van der Waals surface area contributed by atoms with Gasteiger partial charge in [-0.2, -0.15) is 0 Å². The Morgan fingerprint density at radius 1 is 1.71 bits per heavy atom. The lowest BCUT2D eigenvalue weighted by atomic mass is 10.1. The zero-order chi connectivity index (χ0) is 9.97. The third-order valence-electron chi connectivity index (χ3n) is 2.35. The summed E-state index contributed by atoms with van der Waals surface area (Å²) in [5.41, 5.74) is 1.96. The molecule has 0 bridgehead atoms. The molecule has 2 rings (SSSR count). The number of nitrogens with one attached hydrogen (secondary N) is 1. The van der Waals surface area contributed by atoms with Crippen molar-refractivity contribution in [1.29, 1.82) is 0 Å². The second-order valence-corrected chi connectivity index (χ2v) is 3.24. The quantitative estimate of drug-likeness (QED) is 0.714. The number of H-pyrrole nitrogens is 1. The van der Waals surface area contributed by atoms with Crippen LogP contribution >= 0.6 is 0 Å². The van der Waals surface area contributed by atoms with Gasteiger partial charge in [0.15, 0.2) is 0 Å². The highest BCUT2D eigenvalue weighted by molar-refractivity contribution is 6.02. The van der Waals surface area contributed by atoms with Gasteiger partial charge in [0.2, 0.25) is 0 Å². The van der Waals surface area contributed by atoms with Gasteiger partial charge in [-0.15, -0.1) is 0 Å². The summed E-state index contributed by atoms with van der Waals surface area (Å²) in [7, 11) is 1.39. The average molecular weight is 192 g/mol. The van der Waals surface area contributed by atoms with Gasteiger partial charge in [0.1, 0.15) is 6.04 Å². The Morgan fingerprint density at radius 2 is 2.57 bits per heavy atom. The second-order valence-electron chi connectivity index (χ2n) is 3.24. The van der Waals surface area contributed by atoms with E-state index in [2.05, 4.69) is 14.7 Å². The minimum absolute atomic E-state index is 0.244. The van der Waals surface area contributed by atoms with Crippen molar-refractivity contribution in [3.05, 3.63) is 24.0 Å². The minimum atomic E-state index is -0.307. The third-order valence-corrected chi connectivity index (χ3v) is 2.35. The van der Waals surface area contributed by atoms with E-state index in [9.17, 15) is 4.79 Å². The molecule has 1 aliphatic rings. The number of ether oxygens (including phenoxy) is 1. The van der Waals surface area contributed by atoms with Crippen LogP contribution in [0.4, 0.5) is 0 Å². The fourth-order valence-electron chi connectivity index (χ4n) is 1.61. The van der Waals surface area contributed by atoms with Gasteiger partial charge in [-0.1, -0.05) is 0 Å². The van der Waals surface area contributed by atoms with Gasteiger partial charge in [-0.25, -0.2) is 4.79 Å². The maximum atomic E-state index is 11.2. The van der Waals surface area contributed by atoms with Crippen LogP contribution in [-0.4, -0.2) is 29.8 Å². The highest BCUT2D eigenvalue weighted by Gasteiger charge is 2.25. The fourth-order valence-corrected chi connectivity index (χ4v) is 1.61. The summed E-state index contributed by atoms with van der Waals surface area (Å²) in [5, 5.41) is 0. The summed E-state index contributed by atoms with van der Waals surface area (Å²) in [5.74, 6) is -0.244. The lowest BCUT2D eigenvalue weighted by Gasteiger charge is -2.01. The van der Waals surface area contributed by atoms with E-state index in [1.807, 2.05) is 18.3 Å². The Kier molecular flexibility index (Phi) is 2.35. The minimum Gasteiger partial charge on any atom is -0.467 e. The predicted octanol–water partition coefficient (Wildman–Crippen LogP) is 1.14. The zero-order valence-corrected chi connectivity index (χ0v) is 7.99. The fraction of sp³-hybridized carbons (Fsp3) is 0.400. The molecule has 0 unspecified atom stereocenters. The molecule has 1 atom stereocenters. The van der Waals surface area contributed by atoms with E-state index in [-0.39, 0.29) is 12.0 Å². The molecule has 0 saturated heterocycles. The largest absolute Gasteiger partial charge is 0.467 e. The Hall–Kier alpha value is -1.58. The van der Waals surface area contributed by atoms with Crippen LogP contribution in [-0.2, 0) is 9.53 Å². The SMILES string of the molecule is COC(=O)[C@@H]1CCC(c2ccc[nH]2)=N1. The van der Waals surface area contributed by atoms with E-state index in [0.717, 1.165) is 24.2 Å². The smallest absolute Gasteiger partial charge is 0.330 e. The highest BCUT2D eigenvalue weighted by Crippen LogP contribution is 2.18. The average Bonchev–Trinajstić information content (AvgIpc) is 2.86. The van der Waals surface area contributed by atoms with Gasteiger partial charge in [-0.3, -0.25) is 4.99 Å². The van der Waals surface area contributed by atoms with Crippen LogP contribution in [0.3, 0.4) is 0 Å². The van der Waals surface area contributed by atoms with Gasteiger partial charge in [-0.05, 0) is 25.0 Å². The van der Waals surface area contributed by atoms with E-state index in [4.69, 9.17) is 0 Å². The van der Waals surface area contributed by atoms with E-state index in [1.165, 1.54) is 7.11 Å². The summed E-state index contributed by atoms with van der Waals surface area (Å²) in [6.07, 6.45) is 3.44. The van der Waals surface area contributed by atoms with Gasteiger partial charge in [0.05, 0.1) is 18.5 Å². The molecule has 0 aliphatic carbocycles. The molecule has 0 saturated carbocycles. The lowest BCUT2D eigenvalue weighted by Crippen LogP contribution is -2.16. The summed E-state index contributed by atoms with van der Waals surface area (Å²) in [6.45, 7) is 0. The van der Waals surface area contributed by atoms with Crippen LogP contribution in [0.15, 0.2) is 23.3 Å². The van der Waals surface area contributed by atoms with Crippen LogP contribution < -0.4 is 0 Å². The van der Waals surface area contributed by atoms with Crippen molar-refractivity contribution in [2.75, 3.05) is 7.11 Å². The molecule has 1 N–H and O–H groups in total. The first-order chi connectivity index (χ1) is 6.81. The number of nitrogens with zero attached hydrogens (tertiary/aromatic N) is 1. The van der Waals surface area contributed by atoms with Crippen LogP contribution in [0.5, 0.6) is 0 Å². The van der Waals surface area contributed by atoms with E-state index < -0.39 is 0 Å². The van der Waals surface area contributed by atoms with Crippen molar-refractivity contribution in [1.82, 2.24) is 4.98 Å². The molecule has 0 radical (unpaired) electrons. The number of aromatic amines is 1. The van der Waals surface area contributed by atoms with Gasteiger partial charge >= 0.3 is 5.97 Å². The molecule has 1 aliphatic heterocycles. The van der Waals surface area contributed by atoms with Crippen LogP contribution in [0.25, 0.3) is 0 Å². The van der Waals surface area contributed by atoms with Crippen LogP contribution in [0, 0.1) is 0 Å². The number of carbonyl (C=O) groups excluding carboxylic acids is 1. The van der Waals surface area contributed by atoms with Gasteiger partial charge in [0, 0.05) is 6.20 Å². The van der Waals surface area contributed by atoms with Crippen LogP contribution in [0.1, 0.15) is 18.5 Å². The molecule has 0 aromatic carbocycles. The molecule has 4 heteroatoms. The topological polar surface area (TPSA) is 54.5 Å². The number of carbonyl (C=O) groups is 1. The highest BCUT2D eigenvalue weighted by atomic mass is 16.5. The molecular formula is C10H12N2O2. The Bertz CT molecular complexity index is 354. The number of aromatic nitrogens is 1. The lowest BCUT2D eigenvalue weighted by molar-refractivity contribution is -0.141. The third kappa shape index (κ3) is 1.55. The Labute approximate surface area is 82.0 Å². The summed E-state index contributed by atoms with van der Waals surface area (Å²) in [4.78, 5) is 18.6. The zero-order valence-electron chi connectivity index (χ0n) is 7.99. The van der Waals surface area contributed by atoms with Gasteiger partial charge < -0.3 is 9.72 Å². The Balaban J connectivity index is 2.14. The van der Waals surface area contributed by atoms with Crippen molar-refractivity contribution in [2.24, 2.45) is 4.99 Å². The van der Waals surface area contributed by atoms with Crippen molar-refractivity contribution < 1.29 is 9.53 Å². The molecular weight excluding hydrogens is 180 g/mol. The number of aliphatic imine (C=N–C) groups is 1. The summed E-state index contributed by atoms with van der Waals surface area (Å²) < 4.78 is 4.64. The van der Waals surface area contributed by atoms with E-state index >= 15 is 0 Å². The number of esters is 1. The molecule has 0 fully saturated rings. The molecule has 4 nitrogen and oxygen atoms in total. The van der Waals surface area contributed by atoms with E-state index in [0.29, 0.717) is 0 Å². The summed E-state index contributed by atoms with van der Waals surface area (Å²) in [6, 6.07) is 3.57. The number of hydrogen-bond donors (Lipinski definition) is 1. The number of hydrogen-bond acceptors (Lipinski definition) is 3. The van der Waals surface area contributed by atoms with E-state index in [1.54, 1.807) is 0 Å². The first kappa shape index (κ1) is 8.99. The van der Waals surface area contributed by atoms with Crippen molar-refractivity contribution in [2.45, 2.75) is 18.9 Å². The molecule has 1 aromatic rings. The molecule has 0 amide bonds. The molecule has 74 valence electrons. The van der Waals surface area contributed by atoms with Crippen molar-refractivity contribution >= 4 is 11.7 Å². The maximum absolute atomic E-state index is 11.2. The monoisotopic (exact) mass is 192 g/mol. The number of methoxy groups -OCH3 is 1. The first-order valence-corrected chi connectivity index (χ1v) is 4.59. The number of rotatable bonds is 2. The van der Waals surface area contributed by atoms with Crippen LogP contribution in [0.2, 0.25) is 0 Å². The molecule has 1 aromatic heterocycles. The predicted molar refractivity (Wildman–Crippen MR) is 52.4 cm³/mol. The first-order valence-electron chi connectivity index (χ1n) is 4.59. The summed E-state index contributed by atoms with van der Waals surface area (Å²) >= 11 is 0. The molecule has 2 heterocycles. The van der Waals surface area contributed by atoms with Gasteiger partial charge in [0.25, 0.3) is 0 Å². The maximum Gasteiger partial charge on any atom is 0.330 e. The second kappa shape index (κ2) is 3.65.